The lowest BCUT2D eigenvalue weighted by atomic mass is 10.2. The average Bonchev–Trinajstić information content (AvgIpc) is 3.01. The molecule has 0 radical (unpaired) electrons. The number of phenolic OH excluding ortho intramolecular Hbond substituents is 1. The molecule has 1 heterocycles. The molecule has 0 atom stereocenters. The number of aliphatic imine (C=N–C) groups is 1. The van der Waals surface area contributed by atoms with Gasteiger partial charge in [0, 0.05) is 29.3 Å². The number of benzene rings is 2. The Kier molecular flexibility index (Phi) is 6.06. The van der Waals surface area contributed by atoms with Crippen LogP contribution in [0.5, 0.6) is 5.75 Å². The lowest BCUT2D eigenvalue weighted by molar-refractivity contribution is 0.292. The van der Waals surface area contributed by atoms with Gasteiger partial charge in [-0.2, -0.15) is 0 Å². The summed E-state index contributed by atoms with van der Waals surface area (Å²) in [6.07, 6.45) is 1.66. The fourth-order valence-electron chi connectivity index (χ4n) is 2.92. The number of hydrogen-bond donors (Lipinski definition) is 1. The number of likely N-dealkylation sites (N-methyl/N-ethyl adjacent to an activating group) is 1. The first kappa shape index (κ1) is 18.6. The maximum absolute atomic E-state index is 10.0. The first-order chi connectivity index (χ1) is 12.6. The van der Waals surface area contributed by atoms with Gasteiger partial charge in [-0.15, -0.1) is 0 Å². The molecule has 5 nitrogen and oxygen atoms in total. The number of nitrogens with zero attached hydrogens (tertiary/aromatic N) is 4. The smallest absolute Gasteiger partial charge is 0.230 e. The number of imidazole rings is 1. The summed E-state index contributed by atoms with van der Waals surface area (Å²) in [5.41, 5.74) is 2.66. The third-order valence-electron chi connectivity index (χ3n) is 4.48. The van der Waals surface area contributed by atoms with Gasteiger partial charge >= 0.3 is 0 Å². The Hall–Kier alpha value is -2.18. The number of para-hydroxylation sites is 2. The average molecular weight is 415 g/mol. The van der Waals surface area contributed by atoms with Gasteiger partial charge in [0.1, 0.15) is 5.75 Å². The second kappa shape index (κ2) is 8.47. The zero-order valence-corrected chi connectivity index (χ0v) is 16.6. The molecule has 0 saturated heterocycles. The summed E-state index contributed by atoms with van der Waals surface area (Å²) in [4.78, 5) is 11.6. The molecular weight excluding hydrogens is 392 g/mol. The van der Waals surface area contributed by atoms with Crippen molar-refractivity contribution in [2.45, 2.75) is 20.4 Å². The number of aromatic hydroxyl groups is 1. The molecule has 0 fully saturated rings. The van der Waals surface area contributed by atoms with E-state index in [9.17, 15) is 5.11 Å². The summed E-state index contributed by atoms with van der Waals surface area (Å²) in [5.74, 6) is 0.848. The van der Waals surface area contributed by atoms with Crippen LogP contribution in [0.2, 0.25) is 0 Å². The fraction of sp³-hybridized carbons (Fsp3) is 0.300. The Balaban J connectivity index is 1.95. The van der Waals surface area contributed by atoms with Crippen LogP contribution in [0, 0.1) is 0 Å². The van der Waals surface area contributed by atoms with Crippen LogP contribution >= 0.6 is 15.9 Å². The van der Waals surface area contributed by atoms with Crippen LogP contribution in [-0.2, 0) is 6.54 Å². The topological polar surface area (TPSA) is 53.7 Å². The first-order valence-electron chi connectivity index (χ1n) is 8.82. The number of fused-ring (bicyclic) bond motifs is 1. The molecule has 0 aliphatic carbocycles. The van der Waals surface area contributed by atoms with Gasteiger partial charge in [0.05, 0.1) is 11.0 Å². The van der Waals surface area contributed by atoms with Crippen molar-refractivity contribution in [3.05, 3.63) is 52.5 Å². The Morgan fingerprint density at radius 1 is 1.19 bits per heavy atom. The van der Waals surface area contributed by atoms with Crippen LogP contribution in [0.15, 0.2) is 51.9 Å². The Labute approximate surface area is 162 Å². The normalized spacial score (nSPS) is 11.8. The number of phenols is 1. The van der Waals surface area contributed by atoms with Crippen LogP contribution < -0.4 is 0 Å². The minimum atomic E-state index is 0.197. The van der Waals surface area contributed by atoms with E-state index in [0.717, 1.165) is 41.7 Å². The third-order valence-corrected chi connectivity index (χ3v) is 4.97. The van der Waals surface area contributed by atoms with Gasteiger partial charge in [-0.05, 0) is 43.4 Å². The predicted octanol–water partition coefficient (Wildman–Crippen LogP) is 4.60. The van der Waals surface area contributed by atoms with Crippen LogP contribution in [0.1, 0.15) is 19.4 Å². The fourth-order valence-corrected chi connectivity index (χ4v) is 3.30. The quantitative estimate of drug-likeness (QED) is 0.574. The molecule has 6 heteroatoms. The van der Waals surface area contributed by atoms with Gasteiger partial charge < -0.3 is 14.6 Å². The van der Waals surface area contributed by atoms with E-state index in [1.165, 1.54) is 0 Å². The van der Waals surface area contributed by atoms with E-state index in [1.807, 2.05) is 24.3 Å². The van der Waals surface area contributed by atoms with Crippen LogP contribution in [0.25, 0.3) is 11.0 Å². The van der Waals surface area contributed by atoms with Crippen molar-refractivity contribution in [1.82, 2.24) is 14.5 Å². The van der Waals surface area contributed by atoms with Crippen molar-refractivity contribution in [3.8, 4) is 5.75 Å². The summed E-state index contributed by atoms with van der Waals surface area (Å²) in [7, 11) is 0. The highest BCUT2D eigenvalue weighted by Crippen LogP contribution is 2.24. The second-order valence-corrected chi connectivity index (χ2v) is 6.96. The standard InChI is InChI=1S/C20H23BrN4O/c1-3-24(4-2)11-12-25-18-8-6-5-7-17(18)23-20(25)22-14-15-13-16(21)9-10-19(15)26/h5-10,13-14,26H,3-4,11-12H2,1-2H3. The SMILES string of the molecule is CCN(CC)CCn1c(N=Cc2cc(Br)ccc2O)nc2ccccc21. The summed E-state index contributed by atoms with van der Waals surface area (Å²) >= 11 is 3.42. The van der Waals surface area contributed by atoms with Gasteiger partial charge in [-0.3, -0.25) is 0 Å². The van der Waals surface area contributed by atoms with Crippen molar-refractivity contribution in [3.63, 3.8) is 0 Å². The zero-order chi connectivity index (χ0) is 18.5. The largest absolute Gasteiger partial charge is 0.507 e. The molecular formula is C20H23BrN4O. The highest BCUT2D eigenvalue weighted by molar-refractivity contribution is 9.10. The van der Waals surface area contributed by atoms with Crippen molar-refractivity contribution < 1.29 is 5.11 Å². The minimum absolute atomic E-state index is 0.197. The van der Waals surface area contributed by atoms with Gasteiger partial charge in [-0.1, -0.05) is 41.9 Å². The molecule has 26 heavy (non-hydrogen) atoms. The van der Waals surface area contributed by atoms with E-state index in [2.05, 4.69) is 55.3 Å². The van der Waals surface area contributed by atoms with Crippen LogP contribution in [0.4, 0.5) is 5.95 Å². The van der Waals surface area contributed by atoms with E-state index < -0.39 is 0 Å². The molecule has 1 N–H and O–H groups in total. The summed E-state index contributed by atoms with van der Waals surface area (Å²) in [6.45, 7) is 8.15. The molecule has 0 bridgehead atoms. The van der Waals surface area contributed by atoms with Crippen molar-refractivity contribution in [2.24, 2.45) is 4.99 Å². The second-order valence-electron chi connectivity index (χ2n) is 6.04. The predicted molar refractivity (Wildman–Crippen MR) is 111 cm³/mol. The minimum Gasteiger partial charge on any atom is -0.507 e. The van der Waals surface area contributed by atoms with Crippen molar-refractivity contribution in [2.75, 3.05) is 19.6 Å². The van der Waals surface area contributed by atoms with Crippen molar-refractivity contribution in [1.29, 1.82) is 0 Å². The van der Waals surface area contributed by atoms with Gasteiger partial charge in [0.2, 0.25) is 5.95 Å². The van der Waals surface area contributed by atoms with E-state index in [4.69, 9.17) is 0 Å². The van der Waals surface area contributed by atoms with E-state index in [0.29, 0.717) is 11.5 Å². The maximum atomic E-state index is 10.0. The van der Waals surface area contributed by atoms with E-state index in [-0.39, 0.29) is 5.75 Å². The molecule has 0 amide bonds. The van der Waals surface area contributed by atoms with Gasteiger partial charge in [0.15, 0.2) is 0 Å². The molecule has 1 aromatic heterocycles. The molecule has 2 aromatic carbocycles. The lowest BCUT2D eigenvalue weighted by Gasteiger charge is -2.18. The Morgan fingerprint density at radius 3 is 2.73 bits per heavy atom. The molecule has 3 rings (SSSR count). The number of aromatic nitrogens is 2. The van der Waals surface area contributed by atoms with Crippen LogP contribution in [0.3, 0.4) is 0 Å². The third kappa shape index (κ3) is 4.14. The molecule has 0 aliphatic rings. The molecule has 3 aromatic rings. The van der Waals surface area contributed by atoms with Crippen LogP contribution in [-0.4, -0.2) is 45.4 Å². The molecule has 0 spiro atoms. The lowest BCUT2D eigenvalue weighted by Crippen LogP contribution is -2.26. The maximum Gasteiger partial charge on any atom is 0.230 e. The highest BCUT2D eigenvalue weighted by atomic mass is 79.9. The van der Waals surface area contributed by atoms with Crippen molar-refractivity contribution >= 4 is 39.1 Å². The summed E-state index contributed by atoms with van der Waals surface area (Å²) in [6, 6.07) is 13.4. The summed E-state index contributed by atoms with van der Waals surface area (Å²) < 4.78 is 3.03. The number of hydrogen-bond acceptors (Lipinski definition) is 4. The van der Waals surface area contributed by atoms with E-state index >= 15 is 0 Å². The monoisotopic (exact) mass is 414 g/mol. The van der Waals surface area contributed by atoms with Gasteiger partial charge in [-0.25, -0.2) is 9.98 Å². The number of halogens is 1. The highest BCUT2D eigenvalue weighted by Gasteiger charge is 2.11. The summed E-state index contributed by atoms with van der Waals surface area (Å²) in [5, 5.41) is 10.0. The zero-order valence-electron chi connectivity index (χ0n) is 15.1. The molecule has 136 valence electrons. The Bertz CT molecular complexity index is 915. The van der Waals surface area contributed by atoms with E-state index in [1.54, 1.807) is 18.3 Å². The van der Waals surface area contributed by atoms with Gasteiger partial charge in [0.25, 0.3) is 0 Å². The Morgan fingerprint density at radius 2 is 1.96 bits per heavy atom. The molecule has 0 aliphatic heterocycles. The molecule has 0 saturated carbocycles. The molecule has 0 unspecified atom stereocenters. The number of rotatable bonds is 7. The first-order valence-corrected chi connectivity index (χ1v) is 9.62.